The van der Waals surface area contributed by atoms with E-state index in [-0.39, 0.29) is 5.54 Å². The van der Waals surface area contributed by atoms with Gasteiger partial charge in [-0.05, 0) is 38.0 Å². The second-order valence-corrected chi connectivity index (χ2v) is 4.36. The van der Waals surface area contributed by atoms with Crippen LogP contribution in [0.2, 0.25) is 0 Å². The lowest BCUT2D eigenvalue weighted by atomic mass is 9.66. The van der Waals surface area contributed by atoms with Crippen LogP contribution in [0.4, 0.5) is 0 Å². The standard InChI is InChI=1S/C11H23N/c1-3-6-10(7-4-2)11(12)8-5-9-11/h10H,3-9,12H2,1-2H3. The third-order valence-corrected chi connectivity index (χ3v) is 3.37. The lowest BCUT2D eigenvalue weighted by Crippen LogP contribution is -2.52. The molecule has 2 N–H and O–H groups in total. The molecule has 0 atom stereocenters. The van der Waals surface area contributed by atoms with Gasteiger partial charge >= 0.3 is 0 Å². The number of nitrogens with two attached hydrogens (primary N) is 1. The summed E-state index contributed by atoms with van der Waals surface area (Å²) in [5.74, 6) is 0.807. The highest BCUT2D eigenvalue weighted by Gasteiger charge is 2.38. The highest BCUT2D eigenvalue weighted by atomic mass is 14.8. The van der Waals surface area contributed by atoms with Gasteiger partial charge in [0, 0.05) is 5.54 Å². The molecule has 1 aliphatic rings. The third kappa shape index (κ3) is 2.01. The minimum atomic E-state index is 0.242. The van der Waals surface area contributed by atoms with Crippen molar-refractivity contribution >= 4 is 0 Å². The molecule has 0 saturated heterocycles. The summed E-state index contributed by atoms with van der Waals surface area (Å²) in [6.07, 6.45) is 9.18. The Kier molecular flexibility index (Phi) is 3.57. The predicted octanol–water partition coefficient (Wildman–Crippen LogP) is 3.08. The van der Waals surface area contributed by atoms with Crippen LogP contribution in [-0.2, 0) is 0 Å². The maximum Gasteiger partial charge on any atom is 0.0182 e. The molecule has 0 radical (unpaired) electrons. The van der Waals surface area contributed by atoms with E-state index in [9.17, 15) is 0 Å². The second kappa shape index (κ2) is 4.27. The van der Waals surface area contributed by atoms with E-state index < -0.39 is 0 Å². The molecule has 1 nitrogen and oxygen atoms in total. The number of rotatable bonds is 5. The molecular formula is C11H23N. The first-order chi connectivity index (χ1) is 5.73. The van der Waals surface area contributed by atoms with Crippen molar-refractivity contribution in [3.05, 3.63) is 0 Å². The summed E-state index contributed by atoms with van der Waals surface area (Å²) in [6, 6.07) is 0. The van der Waals surface area contributed by atoms with Gasteiger partial charge in [-0.25, -0.2) is 0 Å². The zero-order valence-electron chi connectivity index (χ0n) is 8.60. The molecule has 1 heteroatoms. The fourth-order valence-corrected chi connectivity index (χ4v) is 2.41. The van der Waals surface area contributed by atoms with Crippen LogP contribution in [0.15, 0.2) is 0 Å². The van der Waals surface area contributed by atoms with Crippen LogP contribution in [0.3, 0.4) is 0 Å². The van der Waals surface area contributed by atoms with Crippen molar-refractivity contribution in [3.8, 4) is 0 Å². The molecule has 72 valence electrons. The molecule has 1 aliphatic carbocycles. The summed E-state index contributed by atoms with van der Waals surface area (Å²) in [7, 11) is 0. The third-order valence-electron chi connectivity index (χ3n) is 3.37. The van der Waals surface area contributed by atoms with E-state index in [4.69, 9.17) is 5.73 Å². The van der Waals surface area contributed by atoms with E-state index in [2.05, 4.69) is 13.8 Å². The van der Waals surface area contributed by atoms with E-state index in [0.29, 0.717) is 0 Å². The van der Waals surface area contributed by atoms with Gasteiger partial charge in [-0.2, -0.15) is 0 Å². The summed E-state index contributed by atoms with van der Waals surface area (Å²) in [4.78, 5) is 0. The van der Waals surface area contributed by atoms with E-state index in [0.717, 1.165) is 5.92 Å². The van der Waals surface area contributed by atoms with Gasteiger partial charge in [-0.1, -0.05) is 26.7 Å². The lowest BCUT2D eigenvalue weighted by Gasteiger charge is -2.45. The van der Waals surface area contributed by atoms with Gasteiger partial charge in [0.05, 0.1) is 0 Å². The van der Waals surface area contributed by atoms with Crippen LogP contribution >= 0.6 is 0 Å². The molecule has 0 amide bonds. The normalized spacial score (nSPS) is 21.0. The SMILES string of the molecule is CCCC(CCC)C1(N)CCC1. The summed E-state index contributed by atoms with van der Waals surface area (Å²) in [5, 5.41) is 0. The summed E-state index contributed by atoms with van der Waals surface area (Å²) < 4.78 is 0. The van der Waals surface area contributed by atoms with E-state index in [1.165, 1.54) is 44.9 Å². The van der Waals surface area contributed by atoms with Crippen molar-refractivity contribution in [2.24, 2.45) is 11.7 Å². The summed E-state index contributed by atoms with van der Waals surface area (Å²) in [5.41, 5.74) is 6.56. The first kappa shape index (κ1) is 10.0. The first-order valence-electron chi connectivity index (χ1n) is 5.52. The maximum absolute atomic E-state index is 6.32. The van der Waals surface area contributed by atoms with Gasteiger partial charge in [0.25, 0.3) is 0 Å². The molecule has 0 bridgehead atoms. The van der Waals surface area contributed by atoms with Crippen LogP contribution in [0, 0.1) is 5.92 Å². The van der Waals surface area contributed by atoms with Gasteiger partial charge in [-0.3, -0.25) is 0 Å². The van der Waals surface area contributed by atoms with Crippen LogP contribution < -0.4 is 5.73 Å². The highest BCUT2D eigenvalue weighted by Crippen LogP contribution is 2.40. The monoisotopic (exact) mass is 169 g/mol. The molecule has 12 heavy (non-hydrogen) atoms. The van der Waals surface area contributed by atoms with E-state index >= 15 is 0 Å². The molecule has 1 rings (SSSR count). The molecule has 0 aromatic rings. The molecule has 1 saturated carbocycles. The van der Waals surface area contributed by atoms with E-state index in [1.54, 1.807) is 0 Å². The fraction of sp³-hybridized carbons (Fsp3) is 1.00. The van der Waals surface area contributed by atoms with Crippen molar-refractivity contribution in [1.29, 1.82) is 0 Å². The van der Waals surface area contributed by atoms with Crippen LogP contribution in [0.1, 0.15) is 58.8 Å². The number of hydrogen-bond acceptors (Lipinski definition) is 1. The zero-order valence-corrected chi connectivity index (χ0v) is 8.60. The smallest absolute Gasteiger partial charge is 0.0182 e. The minimum absolute atomic E-state index is 0.242. The fourth-order valence-electron chi connectivity index (χ4n) is 2.41. The van der Waals surface area contributed by atoms with Crippen molar-refractivity contribution in [2.75, 3.05) is 0 Å². The molecule has 0 heterocycles. The Hall–Kier alpha value is -0.0400. The largest absolute Gasteiger partial charge is 0.325 e. The van der Waals surface area contributed by atoms with Gasteiger partial charge in [-0.15, -0.1) is 0 Å². The summed E-state index contributed by atoms with van der Waals surface area (Å²) in [6.45, 7) is 4.54. The molecular weight excluding hydrogens is 146 g/mol. The molecule has 0 aliphatic heterocycles. The van der Waals surface area contributed by atoms with Gasteiger partial charge in [0.2, 0.25) is 0 Å². The molecule has 0 aromatic heterocycles. The Labute approximate surface area is 76.7 Å². The van der Waals surface area contributed by atoms with Gasteiger partial charge in [0.15, 0.2) is 0 Å². The van der Waals surface area contributed by atoms with Crippen LogP contribution in [0.25, 0.3) is 0 Å². The molecule has 0 aromatic carbocycles. The molecule has 1 fully saturated rings. The van der Waals surface area contributed by atoms with Gasteiger partial charge in [0.1, 0.15) is 0 Å². The highest BCUT2D eigenvalue weighted by molar-refractivity contribution is 4.97. The Morgan fingerprint density at radius 1 is 1.17 bits per heavy atom. The van der Waals surface area contributed by atoms with E-state index in [1.807, 2.05) is 0 Å². The summed E-state index contributed by atoms with van der Waals surface area (Å²) >= 11 is 0. The quantitative estimate of drug-likeness (QED) is 0.672. The first-order valence-corrected chi connectivity index (χ1v) is 5.52. The van der Waals surface area contributed by atoms with Crippen LogP contribution in [-0.4, -0.2) is 5.54 Å². The Morgan fingerprint density at radius 3 is 1.92 bits per heavy atom. The van der Waals surface area contributed by atoms with Crippen LogP contribution in [0.5, 0.6) is 0 Å². The van der Waals surface area contributed by atoms with Crippen molar-refractivity contribution in [3.63, 3.8) is 0 Å². The Bertz CT molecular complexity index is 121. The number of hydrogen-bond donors (Lipinski definition) is 1. The van der Waals surface area contributed by atoms with Gasteiger partial charge < -0.3 is 5.73 Å². The van der Waals surface area contributed by atoms with Crippen molar-refractivity contribution in [1.82, 2.24) is 0 Å². The minimum Gasteiger partial charge on any atom is -0.325 e. The Morgan fingerprint density at radius 2 is 1.67 bits per heavy atom. The molecule has 0 spiro atoms. The zero-order chi connectivity index (χ0) is 9.03. The topological polar surface area (TPSA) is 26.0 Å². The molecule has 0 unspecified atom stereocenters. The maximum atomic E-state index is 6.32. The average molecular weight is 169 g/mol. The second-order valence-electron chi connectivity index (χ2n) is 4.36. The lowest BCUT2D eigenvalue weighted by molar-refractivity contribution is 0.134. The Balaban J connectivity index is 2.40. The van der Waals surface area contributed by atoms with Crippen molar-refractivity contribution < 1.29 is 0 Å². The average Bonchev–Trinajstić information content (AvgIpc) is 2.00. The predicted molar refractivity (Wildman–Crippen MR) is 54.1 cm³/mol. The van der Waals surface area contributed by atoms with Crippen molar-refractivity contribution in [2.45, 2.75) is 64.3 Å².